The number of methoxy groups -OCH3 is 1. The van der Waals surface area contributed by atoms with Gasteiger partial charge in [-0.2, -0.15) is 13.2 Å². The van der Waals surface area contributed by atoms with Crippen LogP contribution >= 0.6 is 0 Å². The van der Waals surface area contributed by atoms with Gasteiger partial charge in [-0.05, 0) is 11.6 Å². The average Bonchev–Trinajstić information content (AvgIpc) is 2.34. The Bertz CT molecular complexity index is 502. The molecule has 1 aromatic rings. The van der Waals surface area contributed by atoms with Crippen LogP contribution in [0.2, 0.25) is 0 Å². The number of nitrogens with zero attached hydrogens (tertiary/aromatic N) is 1. The topological polar surface area (TPSA) is 81.5 Å². The molecule has 0 bridgehead atoms. The molecule has 19 heavy (non-hydrogen) atoms. The van der Waals surface area contributed by atoms with Gasteiger partial charge < -0.3 is 10.1 Å². The highest BCUT2D eigenvalue weighted by molar-refractivity contribution is 5.81. The number of nitrogens with one attached hydrogen (secondary N) is 1. The van der Waals surface area contributed by atoms with E-state index < -0.39 is 23.6 Å². The van der Waals surface area contributed by atoms with E-state index in [4.69, 9.17) is 4.74 Å². The molecule has 0 saturated carbocycles. The third-order valence-electron chi connectivity index (χ3n) is 2.15. The van der Waals surface area contributed by atoms with Gasteiger partial charge in [0.05, 0.1) is 12.0 Å². The Morgan fingerprint density at radius 1 is 1.47 bits per heavy atom. The minimum atomic E-state index is -4.99. The average molecular weight is 278 g/mol. The van der Waals surface area contributed by atoms with E-state index in [1.165, 1.54) is 19.2 Å². The van der Waals surface area contributed by atoms with Crippen LogP contribution in [0.3, 0.4) is 0 Å². The Kier molecular flexibility index (Phi) is 4.30. The summed E-state index contributed by atoms with van der Waals surface area (Å²) in [7, 11) is 1.23. The van der Waals surface area contributed by atoms with Gasteiger partial charge in [0.1, 0.15) is 0 Å². The molecular weight excluding hydrogens is 269 g/mol. The molecule has 104 valence electrons. The lowest BCUT2D eigenvalue weighted by Crippen LogP contribution is -2.36. The Morgan fingerprint density at radius 2 is 2.11 bits per heavy atom. The molecule has 1 N–H and O–H groups in total. The molecule has 0 saturated heterocycles. The van der Waals surface area contributed by atoms with E-state index in [0.717, 1.165) is 6.07 Å². The molecule has 0 atom stereocenters. The number of carbonyl (C=O) groups is 1. The maximum Gasteiger partial charge on any atom is 0.471 e. The van der Waals surface area contributed by atoms with Gasteiger partial charge in [0, 0.05) is 12.6 Å². The zero-order valence-corrected chi connectivity index (χ0v) is 9.65. The number of nitro benzene ring substituents is 1. The van der Waals surface area contributed by atoms with Gasteiger partial charge >= 0.3 is 17.8 Å². The predicted molar refractivity (Wildman–Crippen MR) is 57.6 cm³/mol. The van der Waals surface area contributed by atoms with Crippen LogP contribution < -0.4 is 10.1 Å². The summed E-state index contributed by atoms with van der Waals surface area (Å²) < 4.78 is 40.5. The molecule has 1 rings (SSSR count). The molecule has 0 radical (unpaired) electrons. The van der Waals surface area contributed by atoms with E-state index >= 15 is 0 Å². The monoisotopic (exact) mass is 278 g/mol. The second kappa shape index (κ2) is 5.55. The van der Waals surface area contributed by atoms with E-state index in [1.54, 1.807) is 5.32 Å². The first-order valence-corrected chi connectivity index (χ1v) is 4.92. The number of rotatable bonds is 4. The SMILES string of the molecule is COc1ccc(CNC(=O)C(F)(F)F)cc1[N+](=O)[O-]. The molecule has 0 fully saturated rings. The van der Waals surface area contributed by atoms with Crippen LogP contribution in [-0.2, 0) is 11.3 Å². The van der Waals surface area contributed by atoms with Crippen LogP contribution in [-0.4, -0.2) is 24.1 Å². The summed E-state index contributed by atoms with van der Waals surface area (Å²) in [5, 5.41) is 12.3. The quantitative estimate of drug-likeness (QED) is 0.672. The lowest BCUT2D eigenvalue weighted by molar-refractivity contribution is -0.385. The minimum Gasteiger partial charge on any atom is -0.490 e. The van der Waals surface area contributed by atoms with Gasteiger partial charge in [0.25, 0.3) is 0 Å². The number of ether oxygens (including phenoxy) is 1. The Balaban J connectivity index is 2.84. The fourth-order valence-electron chi connectivity index (χ4n) is 1.27. The summed E-state index contributed by atoms with van der Waals surface area (Å²) in [4.78, 5) is 20.5. The summed E-state index contributed by atoms with van der Waals surface area (Å²) >= 11 is 0. The van der Waals surface area contributed by atoms with Gasteiger partial charge in [-0.15, -0.1) is 0 Å². The smallest absolute Gasteiger partial charge is 0.471 e. The van der Waals surface area contributed by atoms with Crippen molar-refractivity contribution >= 4 is 11.6 Å². The van der Waals surface area contributed by atoms with Gasteiger partial charge in [-0.3, -0.25) is 14.9 Å². The molecule has 9 heteroatoms. The fraction of sp³-hybridized carbons (Fsp3) is 0.300. The normalized spacial score (nSPS) is 10.9. The molecule has 0 aliphatic heterocycles. The molecule has 0 aliphatic rings. The fourth-order valence-corrected chi connectivity index (χ4v) is 1.27. The van der Waals surface area contributed by atoms with E-state index in [1.807, 2.05) is 0 Å². The van der Waals surface area contributed by atoms with Crippen LogP contribution in [0.25, 0.3) is 0 Å². The van der Waals surface area contributed by atoms with Crippen molar-refractivity contribution in [1.82, 2.24) is 5.32 Å². The highest BCUT2D eigenvalue weighted by Gasteiger charge is 2.38. The first-order chi connectivity index (χ1) is 8.75. The van der Waals surface area contributed by atoms with Crippen molar-refractivity contribution in [3.63, 3.8) is 0 Å². The van der Waals surface area contributed by atoms with Crippen LogP contribution in [0.5, 0.6) is 5.75 Å². The van der Waals surface area contributed by atoms with E-state index in [0.29, 0.717) is 0 Å². The lowest BCUT2D eigenvalue weighted by atomic mass is 10.2. The van der Waals surface area contributed by atoms with E-state index in [9.17, 15) is 28.1 Å². The van der Waals surface area contributed by atoms with Gasteiger partial charge in [0.2, 0.25) is 0 Å². The summed E-state index contributed by atoms with van der Waals surface area (Å²) in [6.45, 7) is -0.469. The largest absolute Gasteiger partial charge is 0.490 e. The number of benzene rings is 1. The van der Waals surface area contributed by atoms with Crippen molar-refractivity contribution in [2.24, 2.45) is 0 Å². The standard InChI is InChI=1S/C10H9F3N2O4/c1-19-8-3-2-6(4-7(8)15(17)18)5-14-9(16)10(11,12)13/h2-4H,5H2,1H3,(H,14,16). The van der Waals surface area contributed by atoms with Crippen LogP contribution in [0, 0.1) is 10.1 Å². The number of nitro groups is 1. The Morgan fingerprint density at radius 3 is 2.58 bits per heavy atom. The lowest BCUT2D eigenvalue weighted by Gasteiger charge is -2.08. The van der Waals surface area contributed by atoms with Crippen molar-refractivity contribution in [2.75, 3.05) is 7.11 Å². The van der Waals surface area contributed by atoms with Crippen LogP contribution in [0.15, 0.2) is 18.2 Å². The number of hydrogen-bond donors (Lipinski definition) is 1. The molecule has 1 amide bonds. The molecule has 1 aromatic carbocycles. The third kappa shape index (κ3) is 3.83. The molecule has 0 unspecified atom stereocenters. The summed E-state index contributed by atoms with van der Waals surface area (Å²) in [5.74, 6) is -2.12. The molecule has 6 nitrogen and oxygen atoms in total. The molecule has 0 aromatic heterocycles. The first kappa shape index (κ1) is 14.7. The van der Waals surface area contributed by atoms with Crippen LogP contribution in [0.1, 0.15) is 5.56 Å². The number of carbonyl (C=O) groups excluding carboxylic acids is 1. The molecule has 0 spiro atoms. The predicted octanol–water partition coefficient (Wildman–Crippen LogP) is 1.78. The highest BCUT2D eigenvalue weighted by atomic mass is 19.4. The van der Waals surface area contributed by atoms with Crippen molar-refractivity contribution in [3.05, 3.63) is 33.9 Å². The van der Waals surface area contributed by atoms with E-state index in [-0.39, 0.29) is 17.0 Å². The maximum atomic E-state index is 11.9. The highest BCUT2D eigenvalue weighted by Crippen LogP contribution is 2.27. The first-order valence-electron chi connectivity index (χ1n) is 4.92. The third-order valence-corrected chi connectivity index (χ3v) is 2.15. The zero-order valence-electron chi connectivity index (χ0n) is 9.65. The van der Waals surface area contributed by atoms with Crippen molar-refractivity contribution < 1.29 is 27.6 Å². The minimum absolute atomic E-state index is 0.0177. The van der Waals surface area contributed by atoms with Crippen molar-refractivity contribution in [3.8, 4) is 5.75 Å². The number of alkyl halides is 3. The summed E-state index contributed by atoms with van der Waals surface area (Å²) in [6.07, 6.45) is -4.99. The molecule has 0 aliphatic carbocycles. The molecule has 0 heterocycles. The van der Waals surface area contributed by atoms with Gasteiger partial charge in [-0.25, -0.2) is 0 Å². The maximum absolute atomic E-state index is 11.9. The van der Waals surface area contributed by atoms with Crippen molar-refractivity contribution in [2.45, 2.75) is 12.7 Å². The van der Waals surface area contributed by atoms with Crippen LogP contribution in [0.4, 0.5) is 18.9 Å². The zero-order chi connectivity index (χ0) is 14.6. The number of hydrogen-bond acceptors (Lipinski definition) is 4. The Labute approximate surface area is 105 Å². The number of halogens is 3. The number of amides is 1. The second-order valence-corrected chi connectivity index (χ2v) is 3.44. The summed E-state index contributed by atoms with van der Waals surface area (Å²) in [5.41, 5.74) is -0.230. The second-order valence-electron chi connectivity index (χ2n) is 3.44. The van der Waals surface area contributed by atoms with Crippen molar-refractivity contribution in [1.29, 1.82) is 0 Å². The Hall–Kier alpha value is -2.32. The summed E-state index contributed by atoms with van der Waals surface area (Å²) in [6, 6.07) is 3.60. The van der Waals surface area contributed by atoms with E-state index in [2.05, 4.69) is 0 Å². The van der Waals surface area contributed by atoms with Gasteiger partial charge in [-0.1, -0.05) is 6.07 Å². The molecular formula is C10H9F3N2O4. The van der Waals surface area contributed by atoms with Gasteiger partial charge in [0.15, 0.2) is 5.75 Å².